The van der Waals surface area contributed by atoms with Gasteiger partial charge >= 0.3 is 0 Å². The van der Waals surface area contributed by atoms with Crippen LogP contribution in [0.2, 0.25) is 0 Å². The first-order chi connectivity index (χ1) is 11.1. The summed E-state index contributed by atoms with van der Waals surface area (Å²) in [6.07, 6.45) is 0. The van der Waals surface area contributed by atoms with Crippen molar-refractivity contribution in [2.75, 3.05) is 12.4 Å². The van der Waals surface area contributed by atoms with E-state index < -0.39 is 5.91 Å². The van der Waals surface area contributed by atoms with Gasteiger partial charge in [0.2, 0.25) is 11.0 Å². The number of hydrogen-bond donors (Lipinski definition) is 1. The van der Waals surface area contributed by atoms with E-state index >= 15 is 0 Å². The van der Waals surface area contributed by atoms with E-state index in [0.717, 1.165) is 5.01 Å². The summed E-state index contributed by atoms with van der Waals surface area (Å²) in [5, 5.41) is 15.9. The zero-order valence-electron chi connectivity index (χ0n) is 12.8. The molecular weight excluding hydrogens is 316 g/mol. The lowest BCUT2D eigenvalue weighted by Gasteiger charge is -2.09. The van der Waals surface area contributed by atoms with E-state index in [1.54, 1.807) is 26.2 Å². The highest BCUT2D eigenvalue weighted by Crippen LogP contribution is 2.23. The summed E-state index contributed by atoms with van der Waals surface area (Å²) in [6, 6.07) is 7.28. The van der Waals surface area contributed by atoms with Gasteiger partial charge in [-0.2, -0.15) is 5.10 Å². The first-order valence-corrected chi connectivity index (χ1v) is 7.58. The molecular formula is C14H14N6O2S. The first-order valence-electron chi connectivity index (χ1n) is 6.77. The average Bonchev–Trinajstić information content (AvgIpc) is 3.13. The maximum absolute atomic E-state index is 12.5. The molecule has 0 atom stereocenters. The van der Waals surface area contributed by atoms with Crippen LogP contribution in [0.3, 0.4) is 0 Å². The van der Waals surface area contributed by atoms with Gasteiger partial charge in [-0.25, -0.2) is 9.67 Å². The molecule has 0 radical (unpaired) electrons. The fourth-order valence-electron chi connectivity index (χ4n) is 2.03. The standard InChI is InChI=1S/C14H14N6O2S/c1-8-15-12(13(21)16-14-18-17-9(2)23-14)20(19-8)10-6-4-5-7-11(10)22-3/h4-7H,1-3H3,(H,16,18,21). The highest BCUT2D eigenvalue weighted by atomic mass is 32.1. The van der Waals surface area contributed by atoms with Gasteiger partial charge in [0.15, 0.2) is 0 Å². The fourth-order valence-corrected chi connectivity index (χ4v) is 2.62. The van der Waals surface area contributed by atoms with E-state index in [1.807, 2.05) is 19.1 Å². The van der Waals surface area contributed by atoms with E-state index in [1.165, 1.54) is 16.0 Å². The number of aromatic nitrogens is 5. The third kappa shape index (κ3) is 3.04. The number of hydrogen-bond acceptors (Lipinski definition) is 7. The van der Waals surface area contributed by atoms with Gasteiger partial charge in [-0.1, -0.05) is 23.5 Å². The van der Waals surface area contributed by atoms with Crippen LogP contribution < -0.4 is 10.1 Å². The Morgan fingerprint density at radius 1 is 1.26 bits per heavy atom. The molecule has 1 aromatic carbocycles. The molecule has 0 fully saturated rings. The van der Waals surface area contributed by atoms with Crippen LogP contribution in [0.4, 0.5) is 5.13 Å². The van der Waals surface area contributed by atoms with Crippen molar-refractivity contribution in [2.24, 2.45) is 0 Å². The zero-order valence-corrected chi connectivity index (χ0v) is 13.6. The first kappa shape index (κ1) is 15.1. The number of amides is 1. The van der Waals surface area contributed by atoms with Gasteiger partial charge in [0.05, 0.1) is 7.11 Å². The maximum Gasteiger partial charge on any atom is 0.295 e. The van der Waals surface area contributed by atoms with Gasteiger partial charge in [-0.05, 0) is 26.0 Å². The van der Waals surface area contributed by atoms with Crippen LogP contribution in [0.1, 0.15) is 21.5 Å². The van der Waals surface area contributed by atoms with Crippen molar-refractivity contribution >= 4 is 22.4 Å². The van der Waals surface area contributed by atoms with E-state index in [4.69, 9.17) is 4.74 Å². The van der Waals surface area contributed by atoms with Crippen molar-refractivity contribution in [3.05, 3.63) is 40.9 Å². The summed E-state index contributed by atoms with van der Waals surface area (Å²) in [5.41, 5.74) is 0.634. The predicted octanol–water partition coefficient (Wildman–Crippen LogP) is 2.00. The molecule has 0 unspecified atom stereocenters. The summed E-state index contributed by atoms with van der Waals surface area (Å²) in [5.74, 6) is 0.820. The van der Waals surface area contributed by atoms with Gasteiger partial charge in [-0.15, -0.1) is 10.2 Å². The largest absolute Gasteiger partial charge is 0.494 e. The normalized spacial score (nSPS) is 10.6. The molecule has 23 heavy (non-hydrogen) atoms. The zero-order chi connectivity index (χ0) is 16.4. The molecule has 8 nitrogen and oxygen atoms in total. The number of nitrogens with zero attached hydrogens (tertiary/aromatic N) is 5. The van der Waals surface area contributed by atoms with Crippen molar-refractivity contribution in [1.82, 2.24) is 25.0 Å². The Bertz CT molecular complexity index is 857. The third-order valence-corrected chi connectivity index (χ3v) is 3.73. The number of para-hydroxylation sites is 2. The van der Waals surface area contributed by atoms with Crippen LogP contribution in [-0.4, -0.2) is 38.0 Å². The number of carbonyl (C=O) groups is 1. The second-order valence-corrected chi connectivity index (χ2v) is 5.83. The molecule has 0 aliphatic rings. The van der Waals surface area contributed by atoms with Crippen LogP contribution in [0.25, 0.3) is 5.69 Å². The van der Waals surface area contributed by atoms with Crippen LogP contribution >= 0.6 is 11.3 Å². The minimum Gasteiger partial charge on any atom is -0.494 e. The molecule has 1 N–H and O–H groups in total. The van der Waals surface area contributed by atoms with Crippen LogP contribution in [-0.2, 0) is 0 Å². The Hall–Kier alpha value is -2.81. The van der Waals surface area contributed by atoms with Gasteiger partial charge in [-0.3, -0.25) is 10.1 Å². The Balaban J connectivity index is 1.99. The molecule has 3 aromatic rings. The molecule has 2 aromatic heterocycles. The molecule has 0 bridgehead atoms. The summed E-state index contributed by atoms with van der Waals surface area (Å²) in [6.45, 7) is 3.53. The lowest BCUT2D eigenvalue weighted by Crippen LogP contribution is -2.18. The number of benzene rings is 1. The van der Waals surface area contributed by atoms with Gasteiger partial charge in [0, 0.05) is 0 Å². The summed E-state index contributed by atoms with van der Waals surface area (Å²) < 4.78 is 6.78. The molecule has 3 rings (SSSR count). The lowest BCUT2D eigenvalue weighted by molar-refractivity contribution is 0.101. The average molecular weight is 330 g/mol. The van der Waals surface area contributed by atoms with E-state index in [2.05, 4.69) is 25.6 Å². The number of anilines is 1. The molecule has 0 aliphatic carbocycles. The second kappa shape index (κ2) is 6.13. The SMILES string of the molecule is COc1ccccc1-n1nc(C)nc1C(=O)Nc1nnc(C)s1. The lowest BCUT2D eigenvalue weighted by atomic mass is 10.3. The van der Waals surface area contributed by atoms with Gasteiger partial charge < -0.3 is 4.74 Å². The number of ether oxygens (including phenoxy) is 1. The summed E-state index contributed by atoms with van der Waals surface area (Å²) >= 11 is 1.29. The molecule has 2 heterocycles. The quantitative estimate of drug-likeness (QED) is 0.786. The summed E-state index contributed by atoms with van der Waals surface area (Å²) in [4.78, 5) is 16.7. The van der Waals surface area contributed by atoms with Crippen molar-refractivity contribution in [3.63, 3.8) is 0 Å². The Kier molecular flexibility index (Phi) is 4.02. The molecule has 118 valence electrons. The minimum atomic E-state index is -0.410. The highest BCUT2D eigenvalue weighted by molar-refractivity contribution is 7.15. The van der Waals surface area contributed by atoms with E-state index in [9.17, 15) is 4.79 Å². The van der Waals surface area contributed by atoms with E-state index in [-0.39, 0.29) is 5.82 Å². The van der Waals surface area contributed by atoms with Crippen molar-refractivity contribution in [3.8, 4) is 11.4 Å². The van der Waals surface area contributed by atoms with Crippen molar-refractivity contribution in [1.29, 1.82) is 0 Å². The van der Waals surface area contributed by atoms with Crippen LogP contribution in [0.15, 0.2) is 24.3 Å². The topological polar surface area (TPSA) is 94.8 Å². The third-order valence-electron chi connectivity index (χ3n) is 2.98. The van der Waals surface area contributed by atoms with Crippen LogP contribution in [0.5, 0.6) is 5.75 Å². The second-order valence-electron chi connectivity index (χ2n) is 4.65. The smallest absolute Gasteiger partial charge is 0.295 e. The van der Waals surface area contributed by atoms with Gasteiger partial charge in [0.1, 0.15) is 22.3 Å². The monoisotopic (exact) mass is 330 g/mol. The van der Waals surface area contributed by atoms with Crippen LogP contribution in [0, 0.1) is 13.8 Å². The molecule has 1 amide bonds. The summed E-state index contributed by atoms with van der Waals surface area (Å²) in [7, 11) is 1.56. The number of rotatable bonds is 4. The number of carbonyl (C=O) groups excluding carboxylic acids is 1. The molecule has 0 aliphatic heterocycles. The molecule has 9 heteroatoms. The Labute approximate surface area is 136 Å². The van der Waals surface area contributed by atoms with Gasteiger partial charge in [0.25, 0.3) is 5.91 Å². The maximum atomic E-state index is 12.5. The highest BCUT2D eigenvalue weighted by Gasteiger charge is 2.20. The van der Waals surface area contributed by atoms with E-state index in [0.29, 0.717) is 22.4 Å². The number of nitrogens with one attached hydrogen (secondary N) is 1. The Morgan fingerprint density at radius 3 is 2.74 bits per heavy atom. The number of aryl methyl sites for hydroxylation is 2. The number of methoxy groups -OCH3 is 1. The van der Waals surface area contributed by atoms with Crippen molar-refractivity contribution in [2.45, 2.75) is 13.8 Å². The minimum absolute atomic E-state index is 0.153. The molecule has 0 spiro atoms. The Morgan fingerprint density at radius 2 is 2.04 bits per heavy atom. The fraction of sp³-hybridized carbons (Fsp3) is 0.214. The molecule has 0 saturated heterocycles. The van der Waals surface area contributed by atoms with Crippen molar-refractivity contribution < 1.29 is 9.53 Å². The predicted molar refractivity (Wildman–Crippen MR) is 85.2 cm³/mol. The molecule has 0 saturated carbocycles.